The summed E-state index contributed by atoms with van der Waals surface area (Å²) in [5.41, 5.74) is 2.71. The Morgan fingerprint density at radius 3 is 2.80 bits per heavy atom. The second-order valence-electron chi connectivity index (χ2n) is 7.13. The maximum absolute atomic E-state index is 12.5. The minimum atomic E-state index is -0.653. The van der Waals surface area contributed by atoms with E-state index in [2.05, 4.69) is 0 Å². The standard InChI is InChI=1S/C23H21NO6/c1-15-11-22(26)30-20-12-17(8-9-18(15)20)28-14-23(27)29-13-21(25)24-10-4-6-16-5-2-3-7-19(16)24/h2-3,5,7-9,11-12H,4,6,10,13-14H2,1H3. The SMILES string of the molecule is Cc1cc(=O)oc2cc(OCC(=O)OCC(=O)N3CCCc4ccccc43)ccc12. The van der Waals surface area contributed by atoms with Crippen LogP contribution in [0.3, 0.4) is 0 Å². The number of carbonyl (C=O) groups is 2. The van der Waals surface area contributed by atoms with E-state index < -0.39 is 11.6 Å². The molecule has 154 valence electrons. The Hall–Kier alpha value is -3.61. The fraction of sp³-hybridized carbons (Fsp3) is 0.261. The van der Waals surface area contributed by atoms with Gasteiger partial charge in [0, 0.05) is 29.8 Å². The van der Waals surface area contributed by atoms with Gasteiger partial charge >= 0.3 is 11.6 Å². The van der Waals surface area contributed by atoms with E-state index in [0.717, 1.165) is 35.0 Å². The highest BCUT2D eigenvalue weighted by Gasteiger charge is 2.23. The number of esters is 1. The van der Waals surface area contributed by atoms with Crippen LogP contribution in [0.4, 0.5) is 5.69 Å². The molecule has 0 radical (unpaired) electrons. The Labute approximate surface area is 172 Å². The van der Waals surface area contributed by atoms with Crippen LogP contribution in [0.1, 0.15) is 17.5 Å². The van der Waals surface area contributed by atoms with Gasteiger partial charge in [0.05, 0.1) is 0 Å². The third-order valence-electron chi connectivity index (χ3n) is 5.05. The Kier molecular flexibility index (Phi) is 5.52. The molecule has 2 heterocycles. The summed E-state index contributed by atoms with van der Waals surface area (Å²) in [5.74, 6) is -0.553. The predicted octanol–water partition coefficient (Wildman–Crippen LogP) is 3.00. The molecule has 1 aliphatic rings. The normalized spacial score (nSPS) is 13.0. The van der Waals surface area contributed by atoms with Crippen LogP contribution in [-0.2, 0) is 20.7 Å². The first-order chi connectivity index (χ1) is 14.5. The summed E-state index contributed by atoms with van der Waals surface area (Å²) in [7, 11) is 0. The lowest BCUT2D eigenvalue weighted by Gasteiger charge is -2.29. The molecule has 2 aromatic carbocycles. The molecule has 1 amide bonds. The highest BCUT2D eigenvalue weighted by atomic mass is 16.6. The second kappa shape index (κ2) is 8.41. The van der Waals surface area contributed by atoms with Crippen LogP contribution in [0.15, 0.2) is 57.7 Å². The summed E-state index contributed by atoms with van der Waals surface area (Å²) < 4.78 is 15.7. The van der Waals surface area contributed by atoms with Crippen LogP contribution in [0.25, 0.3) is 11.0 Å². The second-order valence-corrected chi connectivity index (χ2v) is 7.13. The molecule has 0 spiro atoms. The van der Waals surface area contributed by atoms with E-state index >= 15 is 0 Å². The molecule has 7 heteroatoms. The molecule has 1 aliphatic heterocycles. The van der Waals surface area contributed by atoms with Crippen molar-refractivity contribution in [2.24, 2.45) is 0 Å². The van der Waals surface area contributed by atoms with Crippen LogP contribution >= 0.6 is 0 Å². The van der Waals surface area contributed by atoms with Crippen LogP contribution in [-0.4, -0.2) is 31.6 Å². The number of hydrogen-bond donors (Lipinski definition) is 0. The van der Waals surface area contributed by atoms with Gasteiger partial charge in [0.15, 0.2) is 13.2 Å². The summed E-state index contributed by atoms with van der Waals surface area (Å²) >= 11 is 0. The van der Waals surface area contributed by atoms with Gasteiger partial charge in [-0.05, 0) is 49.1 Å². The van der Waals surface area contributed by atoms with Gasteiger partial charge in [0.2, 0.25) is 0 Å². The topological polar surface area (TPSA) is 86.0 Å². The highest BCUT2D eigenvalue weighted by Crippen LogP contribution is 2.26. The van der Waals surface area contributed by atoms with E-state index in [1.165, 1.54) is 6.07 Å². The smallest absolute Gasteiger partial charge is 0.344 e. The molecule has 7 nitrogen and oxygen atoms in total. The lowest BCUT2D eigenvalue weighted by molar-refractivity contribution is -0.149. The maximum Gasteiger partial charge on any atom is 0.344 e. The number of carbonyl (C=O) groups excluding carboxylic acids is 2. The summed E-state index contributed by atoms with van der Waals surface area (Å²) in [6.07, 6.45) is 1.80. The number of benzene rings is 2. The fourth-order valence-electron chi connectivity index (χ4n) is 3.59. The van der Waals surface area contributed by atoms with Gasteiger partial charge in [-0.3, -0.25) is 4.79 Å². The van der Waals surface area contributed by atoms with Gasteiger partial charge < -0.3 is 18.8 Å². The molecule has 30 heavy (non-hydrogen) atoms. The molecule has 0 bridgehead atoms. The molecule has 0 saturated heterocycles. The molecule has 1 aromatic heterocycles. The molecule has 0 saturated carbocycles. The van der Waals surface area contributed by atoms with Crippen molar-refractivity contribution in [2.45, 2.75) is 19.8 Å². The highest BCUT2D eigenvalue weighted by molar-refractivity contribution is 5.96. The average molecular weight is 407 g/mol. The number of ether oxygens (including phenoxy) is 2. The molecule has 0 N–H and O–H groups in total. The van der Waals surface area contributed by atoms with Gasteiger partial charge in [0.25, 0.3) is 5.91 Å². The first kappa shape index (κ1) is 19.7. The largest absolute Gasteiger partial charge is 0.482 e. The van der Waals surface area contributed by atoms with Crippen molar-refractivity contribution in [3.63, 3.8) is 0 Å². The number of anilines is 1. The molecule has 3 aromatic rings. The quantitative estimate of drug-likeness (QED) is 0.477. The summed E-state index contributed by atoms with van der Waals surface area (Å²) in [5, 5.41) is 0.789. The number of rotatable bonds is 5. The summed E-state index contributed by atoms with van der Waals surface area (Å²) in [6, 6.07) is 14.1. The molecule has 0 atom stereocenters. The number of para-hydroxylation sites is 1. The molecular weight excluding hydrogens is 386 g/mol. The number of aryl methyl sites for hydroxylation is 2. The Bertz CT molecular complexity index is 1170. The van der Waals surface area contributed by atoms with E-state index in [4.69, 9.17) is 13.9 Å². The van der Waals surface area contributed by atoms with Gasteiger partial charge in [-0.15, -0.1) is 0 Å². The number of amides is 1. The molecule has 0 aliphatic carbocycles. The van der Waals surface area contributed by atoms with Gasteiger partial charge in [-0.2, -0.15) is 0 Å². The van der Waals surface area contributed by atoms with Crippen molar-refractivity contribution in [1.82, 2.24) is 0 Å². The van der Waals surface area contributed by atoms with Crippen molar-refractivity contribution < 1.29 is 23.5 Å². The monoisotopic (exact) mass is 407 g/mol. The minimum absolute atomic E-state index is 0.265. The zero-order valence-corrected chi connectivity index (χ0v) is 16.6. The van der Waals surface area contributed by atoms with Crippen LogP contribution < -0.4 is 15.3 Å². The van der Waals surface area contributed by atoms with Crippen LogP contribution in [0, 0.1) is 6.92 Å². The predicted molar refractivity (Wildman–Crippen MR) is 111 cm³/mol. The first-order valence-electron chi connectivity index (χ1n) is 9.72. The summed E-state index contributed by atoms with van der Waals surface area (Å²) in [4.78, 5) is 37.7. The van der Waals surface area contributed by atoms with Gasteiger partial charge in [0.1, 0.15) is 11.3 Å². The third-order valence-corrected chi connectivity index (χ3v) is 5.05. The van der Waals surface area contributed by atoms with Crippen LogP contribution in [0.5, 0.6) is 5.75 Å². The van der Waals surface area contributed by atoms with E-state index in [-0.39, 0.29) is 19.1 Å². The Morgan fingerprint density at radius 2 is 1.93 bits per heavy atom. The molecule has 0 fully saturated rings. The van der Waals surface area contributed by atoms with Gasteiger partial charge in [-0.1, -0.05) is 18.2 Å². The van der Waals surface area contributed by atoms with Crippen molar-refractivity contribution in [3.05, 3.63) is 70.1 Å². The van der Waals surface area contributed by atoms with Gasteiger partial charge in [-0.25, -0.2) is 9.59 Å². The first-order valence-corrected chi connectivity index (χ1v) is 9.72. The lowest BCUT2D eigenvalue weighted by Crippen LogP contribution is -2.38. The zero-order chi connectivity index (χ0) is 21.1. The minimum Gasteiger partial charge on any atom is -0.482 e. The van der Waals surface area contributed by atoms with Crippen molar-refractivity contribution in [2.75, 3.05) is 24.7 Å². The van der Waals surface area contributed by atoms with Crippen molar-refractivity contribution >= 4 is 28.5 Å². The number of nitrogens with zero attached hydrogens (tertiary/aromatic N) is 1. The van der Waals surface area contributed by atoms with E-state index in [9.17, 15) is 14.4 Å². The van der Waals surface area contributed by atoms with Crippen LogP contribution in [0.2, 0.25) is 0 Å². The van der Waals surface area contributed by atoms with Crippen molar-refractivity contribution in [3.8, 4) is 5.75 Å². The van der Waals surface area contributed by atoms with Crippen molar-refractivity contribution in [1.29, 1.82) is 0 Å². The Balaban J connectivity index is 1.33. The Morgan fingerprint density at radius 1 is 1.10 bits per heavy atom. The van der Waals surface area contributed by atoms with E-state index in [1.807, 2.05) is 31.2 Å². The van der Waals surface area contributed by atoms with E-state index in [0.29, 0.717) is 17.9 Å². The number of hydrogen-bond acceptors (Lipinski definition) is 6. The summed E-state index contributed by atoms with van der Waals surface area (Å²) in [6.45, 7) is 1.72. The lowest BCUT2D eigenvalue weighted by atomic mass is 10.0. The number of fused-ring (bicyclic) bond motifs is 2. The molecular formula is C23H21NO6. The fourth-order valence-corrected chi connectivity index (χ4v) is 3.59. The molecule has 0 unspecified atom stereocenters. The molecule has 4 rings (SSSR count). The average Bonchev–Trinajstić information content (AvgIpc) is 2.75. The van der Waals surface area contributed by atoms with E-state index in [1.54, 1.807) is 23.1 Å². The maximum atomic E-state index is 12.5. The zero-order valence-electron chi connectivity index (χ0n) is 16.6. The third kappa shape index (κ3) is 4.20.